The van der Waals surface area contributed by atoms with Crippen LogP contribution >= 0.6 is 11.3 Å². The van der Waals surface area contributed by atoms with Crippen molar-refractivity contribution in [2.75, 3.05) is 0 Å². The first-order valence-electron chi connectivity index (χ1n) is 5.34. The van der Waals surface area contributed by atoms with Crippen molar-refractivity contribution in [1.29, 1.82) is 0 Å². The van der Waals surface area contributed by atoms with Crippen LogP contribution in [0.15, 0.2) is 24.3 Å². The maximum Gasteiger partial charge on any atom is 0.416 e. The van der Waals surface area contributed by atoms with E-state index in [1.165, 1.54) is 12.1 Å². The number of thiazole rings is 1. The number of nitrogens with zero attached hydrogens (tertiary/aromatic N) is 1. The van der Waals surface area contributed by atoms with Crippen molar-refractivity contribution in [3.8, 4) is 10.6 Å². The van der Waals surface area contributed by atoms with Crippen molar-refractivity contribution in [3.63, 3.8) is 0 Å². The lowest BCUT2D eigenvalue weighted by molar-refractivity contribution is -0.137. The number of carboxylic acid groups (broad SMARTS) is 1. The molecule has 0 fully saturated rings. The second-order valence-corrected chi connectivity index (χ2v) is 4.83. The third-order valence-electron chi connectivity index (χ3n) is 2.50. The first-order chi connectivity index (χ1) is 9.32. The van der Waals surface area contributed by atoms with Gasteiger partial charge in [-0.25, -0.2) is 9.78 Å². The lowest BCUT2D eigenvalue weighted by Gasteiger charge is -2.06. The molecule has 0 aliphatic carbocycles. The van der Waals surface area contributed by atoms with Crippen LogP contribution in [-0.4, -0.2) is 21.2 Å². The standard InChI is InChI=1S/C12H8F3NO3S/c13-12(14,15)7-3-1-6(2-4-7)10-16-8(5-17)9(20-10)11(18)19/h1-4,17H,5H2,(H,18,19). The zero-order valence-corrected chi connectivity index (χ0v) is 10.6. The average molecular weight is 303 g/mol. The highest BCUT2D eigenvalue weighted by atomic mass is 32.1. The molecule has 106 valence electrons. The fourth-order valence-corrected chi connectivity index (χ4v) is 2.47. The Morgan fingerprint density at radius 2 is 1.85 bits per heavy atom. The van der Waals surface area contributed by atoms with E-state index in [4.69, 9.17) is 10.2 Å². The van der Waals surface area contributed by atoms with E-state index in [2.05, 4.69) is 4.98 Å². The summed E-state index contributed by atoms with van der Waals surface area (Å²) >= 11 is 0.807. The van der Waals surface area contributed by atoms with E-state index in [0.717, 1.165) is 23.5 Å². The molecule has 0 spiro atoms. The third-order valence-corrected chi connectivity index (χ3v) is 3.64. The van der Waals surface area contributed by atoms with E-state index in [1.54, 1.807) is 0 Å². The molecule has 2 rings (SSSR count). The highest BCUT2D eigenvalue weighted by Crippen LogP contribution is 2.33. The minimum absolute atomic E-state index is 0.00241. The quantitative estimate of drug-likeness (QED) is 0.914. The first kappa shape index (κ1) is 14.5. The van der Waals surface area contributed by atoms with Gasteiger partial charge in [0, 0.05) is 5.56 Å². The molecule has 0 aliphatic heterocycles. The van der Waals surface area contributed by atoms with Crippen LogP contribution in [0, 0.1) is 0 Å². The van der Waals surface area contributed by atoms with E-state index in [-0.39, 0.29) is 15.6 Å². The second-order valence-electron chi connectivity index (χ2n) is 3.83. The predicted molar refractivity (Wildman–Crippen MR) is 65.4 cm³/mol. The lowest BCUT2D eigenvalue weighted by atomic mass is 10.1. The molecule has 1 aromatic heterocycles. The number of carbonyl (C=O) groups is 1. The lowest BCUT2D eigenvalue weighted by Crippen LogP contribution is -2.03. The van der Waals surface area contributed by atoms with Crippen molar-refractivity contribution in [2.45, 2.75) is 12.8 Å². The van der Waals surface area contributed by atoms with Crippen molar-refractivity contribution < 1.29 is 28.2 Å². The number of halogens is 3. The van der Waals surface area contributed by atoms with Crippen LogP contribution in [0.1, 0.15) is 20.9 Å². The highest BCUT2D eigenvalue weighted by molar-refractivity contribution is 7.17. The zero-order valence-electron chi connectivity index (χ0n) is 9.81. The Morgan fingerprint density at radius 3 is 2.25 bits per heavy atom. The summed E-state index contributed by atoms with van der Waals surface area (Å²) in [6, 6.07) is 4.23. The number of aromatic carboxylic acids is 1. The summed E-state index contributed by atoms with van der Waals surface area (Å²) < 4.78 is 37.3. The molecule has 2 N–H and O–H groups in total. The van der Waals surface area contributed by atoms with Gasteiger partial charge in [-0.3, -0.25) is 0 Å². The fourth-order valence-electron chi connectivity index (χ4n) is 1.55. The SMILES string of the molecule is O=C(O)c1sc(-c2ccc(C(F)(F)F)cc2)nc1CO. The van der Waals surface area contributed by atoms with Gasteiger partial charge in [0.05, 0.1) is 17.9 Å². The minimum atomic E-state index is -4.43. The molecule has 8 heteroatoms. The molecular formula is C12H8F3NO3S. The Hall–Kier alpha value is -1.93. The number of rotatable bonds is 3. The van der Waals surface area contributed by atoms with Crippen LogP contribution < -0.4 is 0 Å². The molecule has 1 heterocycles. The first-order valence-corrected chi connectivity index (χ1v) is 6.16. The highest BCUT2D eigenvalue weighted by Gasteiger charge is 2.30. The Morgan fingerprint density at radius 1 is 1.25 bits per heavy atom. The van der Waals surface area contributed by atoms with Gasteiger partial charge in [-0.2, -0.15) is 13.2 Å². The summed E-state index contributed by atoms with van der Waals surface area (Å²) in [7, 11) is 0. The molecule has 0 atom stereocenters. The molecule has 4 nitrogen and oxygen atoms in total. The fraction of sp³-hybridized carbons (Fsp3) is 0.167. The van der Waals surface area contributed by atoms with Gasteiger partial charge in [0.15, 0.2) is 0 Å². The van der Waals surface area contributed by atoms with E-state index in [0.29, 0.717) is 5.56 Å². The Kier molecular flexibility index (Phi) is 3.78. The minimum Gasteiger partial charge on any atom is -0.477 e. The van der Waals surface area contributed by atoms with Crippen molar-refractivity contribution in [3.05, 3.63) is 40.4 Å². The third kappa shape index (κ3) is 2.81. The van der Waals surface area contributed by atoms with Gasteiger partial charge < -0.3 is 10.2 Å². The summed E-state index contributed by atoms with van der Waals surface area (Å²) in [5.41, 5.74) is -0.429. The molecule has 0 saturated heterocycles. The molecule has 2 aromatic rings. The van der Waals surface area contributed by atoms with Gasteiger partial charge >= 0.3 is 12.1 Å². The van der Waals surface area contributed by atoms with E-state index in [1.807, 2.05) is 0 Å². The summed E-state index contributed by atoms with van der Waals surface area (Å²) in [6.45, 7) is -0.543. The van der Waals surface area contributed by atoms with Gasteiger partial charge in [0.2, 0.25) is 0 Å². The van der Waals surface area contributed by atoms with Crippen LogP contribution in [0.2, 0.25) is 0 Å². The number of hydrogen-bond acceptors (Lipinski definition) is 4. The number of aromatic nitrogens is 1. The largest absolute Gasteiger partial charge is 0.477 e. The number of carboxylic acids is 1. The van der Waals surface area contributed by atoms with E-state index >= 15 is 0 Å². The van der Waals surface area contributed by atoms with Crippen LogP contribution in [-0.2, 0) is 12.8 Å². The summed E-state index contributed by atoms with van der Waals surface area (Å²) in [5.74, 6) is -1.23. The number of benzene rings is 1. The van der Waals surface area contributed by atoms with Crippen LogP contribution in [0.25, 0.3) is 10.6 Å². The molecule has 0 amide bonds. The van der Waals surface area contributed by atoms with Gasteiger partial charge in [-0.1, -0.05) is 12.1 Å². The molecule has 0 bridgehead atoms. The number of aliphatic hydroxyl groups excluding tert-OH is 1. The van der Waals surface area contributed by atoms with Crippen LogP contribution in [0.5, 0.6) is 0 Å². The Bertz CT molecular complexity index is 634. The summed E-state index contributed by atoms with van der Waals surface area (Å²) in [4.78, 5) is 14.7. The second kappa shape index (κ2) is 5.22. The van der Waals surface area contributed by atoms with Crippen molar-refractivity contribution >= 4 is 17.3 Å². The summed E-state index contributed by atoms with van der Waals surface area (Å²) in [5, 5.41) is 18.2. The van der Waals surface area contributed by atoms with Crippen LogP contribution in [0.3, 0.4) is 0 Å². The van der Waals surface area contributed by atoms with Gasteiger partial charge in [0.1, 0.15) is 9.88 Å². The molecule has 0 aliphatic rings. The van der Waals surface area contributed by atoms with Gasteiger partial charge in [-0.15, -0.1) is 11.3 Å². The molecular weight excluding hydrogens is 295 g/mol. The number of aliphatic hydroxyl groups is 1. The van der Waals surface area contributed by atoms with Crippen molar-refractivity contribution in [2.24, 2.45) is 0 Å². The van der Waals surface area contributed by atoms with Gasteiger partial charge in [-0.05, 0) is 12.1 Å². The predicted octanol–water partition coefficient (Wildman–Crippen LogP) is 3.02. The Balaban J connectivity index is 2.39. The normalized spacial score (nSPS) is 11.6. The molecule has 20 heavy (non-hydrogen) atoms. The molecule has 0 saturated carbocycles. The Labute approximate surface area is 115 Å². The zero-order chi connectivity index (χ0) is 14.9. The van der Waals surface area contributed by atoms with Gasteiger partial charge in [0.25, 0.3) is 0 Å². The average Bonchev–Trinajstić information content (AvgIpc) is 2.82. The van der Waals surface area contributed by atoms with Crippen LogP contribution in [0.4, 0.5) is 13.2 Å². The maximum atomic E-state index is 12.4. The smallest absolute Gasteiger partial charge is 0.416 e. The maximum absolute atomic E-state index is 12.4. The molecule has 0 radical (unpaired) electrons. The van der Waals surface area contributed by atoms with E-state index < -0.39 is 24.3 Å². The topological polar surface area (TPSA) is 70.4 Å². The molecule has 0 unspecified atom stereocenters. The monoisotopic (exact) mass is 303 g/mol. The number of alkyl halides is 3. The summed E-state index contributed by atoms with van der Waals surface area (Å²) in [6.07, 6.45) is -4.43. The van der Waals surface area contributed by atoms with Crippen molar-refractivity contribution in [1.82, 2.24) is 4.98 Å². The molecule has 1 aromatic carbocycles. The van der Waals surface area contributed by atoms with E-state index in [9.17, 15) is 18.0 Å². The number of hydrogen-bond donors (Lipinski definition) is 2.